The van der Waals surface area contributed by atoms with E-state index in [1.807, 2.05) is 0 Å². The summed E-state index contributed by atoms with van der Waals surface area (Å²) in [5, 5.41) is 1.67. The standard InChI is InChI=1S/C32H19F7N4O4S/c1-42-14-40-20-12-18(19(13-23(20)42)32(37,38)39)17-4-3-11-43-21(17)9-10-22(43)29(44)15-5-7-16(8-6-15)31(45)41-28-24(33)26(35)30(48(2,46)47)27(36)25(28)34/h3-14H,1-2H3,(H,41,45). The lowest BCUT2D eigenvalue weighted by atomic mass is 9.98. The predicted octanol–water partition coefficient (Wildman–Crippen LogP) is 6.96. The molecule has 0 aliphatic rings. The molecule has 16 heteroatoms. The highest BCUT2D eigenvalue weighted by atomic mass is 32.2. The van der Waals surface area contributed by atoms with Gasteiger partial charge in [0.15, 0.2) is 33.1 Å². The maximum Gasteiger partial charge on any atom is 0.417 e. The van der Waals surface area contributed by atoms with E-state index in [1.165, 1.54) is 64.0 Å². The molecule has 0 aliphatic heterocycles. The number of amides is 1. The molecule has 0 saturated carbocycles. The second kappa shape index (κ2) is 11.3. The van der Waals surface area contributed by atoms with Gasteiger partial charge in [0.25, 0.3) is 5.91 Å². The summed E-state index contributed by atoms with van der Waals surface area (Å²) in [5.41, 5.74) is -1.77. The Balaban J connectivity index is 1.31. The van der Waals surface area contributed by atoms with Gasteiger partial charge in [-0.1, -0.05) is 18.2 Å². The summed E-state index contributed by atoms with van der Waals surface area (Å²) in [5.74, 6) is -10.6. The molecule has 0 unspecified atom stereocenters. The molecule has 8 nitrogen and oxygen atoms in total. The second-order valence-electron chi connectivity index (χ2n) is 10.7. The van der Waals surface area contributed by atoms with Crippen molar-refractivity contribution >= 4 is 43.8 Å². The highest BCUT2D eigenvalue weighted by molar-refractivity contribution is 7.90. The second-order valence-corrected chi connectivity index (χ2v) is 12.7. The van der Waals surface area contributed by atoms with Gasteiger partial charge in [0.05, 0.1) is 34.1 Å². The summed E-state index contributed by atoms with van der Waals surface area (Å²) >= 11 is 0. The van der Waals surface area contributed by atoms with Crippen LogP contribution in [-0.4, -0.2) is 40.3 Å². The molecule has 3 aromatic carbocycles. The lowest BCUT2D eigenvalue weighted by molar-refractivity contribution is -0.137. The largest absolute Gasteiger partial charge is 0.417 e. The van der Waals surface area contributed by atoms with Gasteiger partial charge in [-0.05, 0) is 48.0 Å². The van der Waals surface area contributed by atoms with Crippen LogP contribution < -0.4 is 5.32 Å². The molecule has 0 spiro atoms. The van der Waals surface area contributed by atoms with Crippen LogP contribution >= 0.6 is 0 Å². The highest BCUT2D eigenvalue weighted by Gasteiger charge is 2.35. The molecule has 1 amide bonds. The first-order valence-corrected chi connectivity index (χ1v) is 15.5. The van der Waals surface area contributed by atoms with Crippen LogP contribution in [0.4, 0.5) is 36.4 Å². The number of alkyl halides is 3. The molecular formula is C32H19F7N4O4S. The summed E-state index contributed by atoms with van der Waals surface area (Å²) in [7, 11) is -3.14. The number of anilines is 1. The van der Waals surface area contributed by atoms with E-state index < -0.39 is 67.1 Å². The van der Waals surface area contributed by atoms with E-state index in [9.17, 15) is 48.7 Å². The molecule has 0 radical (unpaired) electrons. The Kier molecular flexibility index (Phi) is 7.65. The van der Waals surface area contributed by atoms with Crippen molar-refractivity contribution in [2.45, 2.75) is 11.1 Å². The van der Waals surface area contributed by atoms with Crippen LogP contribution in [0.25, 0.3) is 27.7 Å². The van der Waals surface area contributed by atoms with Gasteiger partial charge < -0.3 is 14.3 Å². The van der Waals surface area contributed by atoms with Crippen LogP contribution in [0, 0.1) is 23.3 Å². The molecule has 3 heterocycles. The zero-order valence-electron chi connectivity index (χ0n) is 24.5. The van der Waals surface area contributed by atoms with E-state index in [-0.39, 0.29) is 39.0 Å². The van der Waals surface area contributed by atoms with E-state index in [0.29, 0.717) is 11.8 Å². The molecule has 6 rings (SSSR count). The Hall–Kier alpha value is -5.51. The lowest BCUT2D eigenvalue weighted by Crippen LogP contribution is -2.18. The van der Waals surface area contributed by atoms with Gasteiger partial charge in [-0.15, -0.1) is 0 Å². The predicted molar refractivity (Wildman–Crippen MR) is 159 cm³/mol. The molecule has 0 bridgehead atoms. The van der Waals surface area contributed by atoms with Crippen molar-refractivity contribution in [2.75, 3.05) is 11.6 Å². The number of benzene rings is 3. The summed E-state index contributed by atoms with van der Waals surface area (Å²) < 4.78 is 126. The number of fused-ring (bicyclic) bond motifs is 2. The molecule has 6 aromatic rings. The number of imidazole rings is 1. The molecule has 246 valence electrons. The van der Waals surface area contributed by atoms with Gasteiger partial charge in [0.1, 0.15) is 10.6 Å². The van der Waals surface area contributed by atoms with Gasteiger partial charge in [0, 0.05) is 36.2 Å². The molecule has 0 aliphatic carbocycles. The minimum absolute atomic E-state index is 0.00907. The van der Waals surface area contributed by atoms with Crippen LogP contribution in [0.3, 0.4) is 0 Å². The van der Waals surface area contributed by atoms with E-state index in [4.69, 9.17) is 0 Å². The molecule has 0 fully saturated rings. The third-order valence-corrected chi connectivity index (χ3v) is 8.73. The zero-order valence-corrected chi connectivity index (χ0v) is 25.3. The van der Waals surface area contributed by atoms with Crippen molar-refractivity contribution in [2.24, 2.45) is 7.05 Å². The minimum atomic E-state index is -4.71. The third-order valence-electron chi connectivity index (χ3n) is 7.63. The Morgan fingerprint density at radius 2 is 1.44 bits per heavy atom. The van der Waals surface area contributed by atoms with Crippen LogP contribution in [0.1, 0.15) is 32.0 Å². The van der Waals surface area contributed by atoms with Gasteiger partial charge in [0.2, 0.25) is 5.78 Å². The van der Waals surface area contributed by atoms with E-state index in [1.54, 1.807) is 12.4 Å². The molecule has 0 saturated heterocycles. The molecule has 3 aromatic heterocycles. The van der Waals surface area contributed by atoms with Crippen molar-refractivity contribution in [3.8, 4) is 11.1 Å². The Bertz CT molecular complexity index is 2400. The fourth-order valence-corrected chi connectivity index (χ4v) is 6.17. The number of hydrogen-bond acceptors (Lipinski definition) is 5. The van der Waals surface area contributed by atoms with Crippen molar-refractivity contribution < 1.29 is 48.7 Å². The fourth-order valence-electron chi connectivity index (χ4n) is 5.34. The maximum atomic E-state index is 14.5. The van der Waals surface area contributed by atoms with Crippen LogP contribution in [0.2, 0.25) is 0 Å². The van der Waals surface area contributed by atoms with Gasteiger partial charge in [-0.3, -0.25) is 9.59 Å². The number of sulfone groups is 1. The topological polar surface area (TPSA) is 103 Å². The van der Waals surface area contributed by atoms with Crippen LogP contribution in [0.15, 0.2) is 78.1 Å². The van der Waals surface area contributed by atoms with Gasteiger partial charge in [-0.25, -0.2) is 31.0 Å². The zero-order chi connectivity index (χ0) is 34.9. The number of rotatable bonds is 6. The first-order valence-electron chi connectivity index (χ1n) is 13.6. The average Bonchev–Trinajstić information content (AvgIpc) is 3.63. The number of nitrogens with zero attached hydrogens (tertiary/aromatic N) is 3. The van der Waals surface area contributed by atoms with Crippen molar-refractivity contribution in [3.63, 3.8) is 0 Å². The summed E-state index contributed by atoms with van der Waals surface area (Å²) in [4.78, 5) is 28.5. The average molecular weight is 689 g/mol. The van der Waals surface area contributed by atoms with Crippen LogP contribution in [0.5, 0.6) is 0 Å². The number of pyridine rings is 1. The highest BCUT2D eigenvalue weighted by Crippen LogP contribution is 2.41. The van der Waals surface area contributed by atoms with Gasteiger partial charge in [-0.2, -0.15) is 13.2 Å². The number of ketones is 1. The number of aromatic nitrogens is 3. The molecular weight excluding hydrogens is 669 g/mol. The Morgan fingerprint density at radius 3 is 2.04 bits per heavy atom. The van der Waals surface area contributed by atoms with Crippen molar-refractivity contribution in [3.05, 3.63) is 119 Å². The normalized spacial score (nSPS) is 12.2. The third kappa shape index (κ3) is 5.36. The van der Waals surface area contributed by atoms with E-state index >= 15 is 0 Å². The summed E-state index contributed by atoms with van der Waals surface area (Å²) in [6, 6.07) is 12.7. The number of carbonyl (C=O) groups excluding carboxylic acids is 2. The maximum absolute atomic E-state index is 14.5. The lowest BCUT2D eigenvalue weighted by Gasteiger charge is -2.15. The monoisotopic (exact) mass is 688 g/mol. The SMILES string of the molecule is Cn1cnc2cc(-c3cccn4c(C(=O)c5ccc(C(=O)Nc6c(F)c(F)c(S(C)(=O)=O)c(F)c6F)cc5)ccc34)c(C(F)(F)F)cc21. The first kappa shape index (κ1) is 32.4. The van der Waals surface area contributed by atoms with Crippen LogP contribution in [-0.2, 0) is 23.1 Å². The number of halogens is 7. The molecule has 0 atom stereocenters. The minimum Gasteiger partial charge on any atom is -0.334 e. The summed E-state index contributed by atoms with van der Waals surface area (Å²) in [6.07, 6.45) is -1.49. The van der Waals surface area contributed by atoms with Crippen molar-refractivity contribution in [1.29, 1.82) is 0 Å². The number of aryl methyl sites for hydroxylation is 1. The van der Waals surface area contributed by atoms with Crippen molar-refractivity contribution in [1.82, 2.24) is 14.0 Å². The number of hydrogen-bond donors (Lipinski definition) is 1. The first-order chi connectivity index (χ1) is 22.5. The molecule has 1 N–H and O–H groups in total. The fraction of sp³-hybridized carbons (Fsp3) is 0.0938. The van der Waals surface area contributed by atoms with E-state index in [0.717, 1.165) is 18.2 Å². The Labute approximate surface area is 266 Å². The number of nitrogens with one attached hydrogen (secondary N) is 1. The molecule has 48 heavy (non-hydrogen) atoms. The van der Waals surface area contributed by atoms with Gasteiger partial charge >= 0.3 is 6.18 Å². The smallest absolute Gasteiger partial charge is 0.334 e. The number of carbonyl (C=O) groups is 2. The Morgan fingerprint density at radius 1 is 0.812 bits per heavy atom. The summed E-state index contributed by atoms with van der Waals surface area (Å²) in [6.45, 7) is 0. The quantitative estimate of drug-likeness (QED) is 0.116. The van der Waals surface area contributed by atoms with E-state index in [2.05, 4.69) is 4.98 Å².